The van der Waals surface area contributed by atoms with E-state index in [1.807, 2.05) is 12.2 Å². The van der Waals surface area contributed by atoms with Gasteiger partial charge < -0.3 is 19.9 Å². The Morgan fingerprint density at radius 2 is 1.87 bits per heavy atom. The van der Waals surface area contributed by atoms with Gasteiger partial charge >= 0.3 is 12.3 Å². The van der Waals surface area contributed by atoms with Crippen molar-refractivity contribution in [2.45, 2.75) is 89.2 Å². The Morgan fingerprint density at radius 1 is 1.21 bits per heavy atom. The zero-order valence-electron chi connectivity index (χ0n) is 22.7. The number of nitrogens with zero attached hydrogens (tertiary/aromatic N) is 1. The first-order chi connectivity index (χ1) is 18.0. The molecule has 6 nitrogen and oxygen atoms in total. The molecule has 0 aliphatic heterocycles. The summed E-state index contributed by atoms with van der Waals surface area (Å²) in [6, 6.07) is 6.53. The number of benzene rings is 1. The molecule has 1 amide bonds. The molecule has 39 heavy (non-hydrogen) atoms. The number of aliphatic hydroxyl groups is 1. The first-order valence-corrected chi connectivity index (χ1v) is 13.2. The van der Waals surface area contributed by atoms with Crippen molar-refractivity contribution in [1.82, 2.24) is 10.3 Å². The molecule has 1 unspecified atom stereocenters. The van der Waals surface area contributed by atoms with E-state index >= 15 is 0 Å². The summed E-state index contributed by atoms with van der Waals surface area (Å²) in [5, 5.41) is 12.8. The van der Waals surface area contributed by atoms with Crippen molar-refractivity contribution in [3.63, 3.8) is 0 Å². The van der Waals surface area contributed by atoms with Gasteiger partial charge in [0.1, 0.15) is 11.4 Å². The minimum Gasteiger partial charge on any atom is -0.444 e. The van der Waals surface area contributed by atoms with Gasteiger partial charge in [-0.3, -0.25) is 0 Å². The molecule has 1 aliphatic rings. The fourth-order valence-electron chi connectivity index (χ4n) is 4.44. The molecule has 2 N–H and O–H groups in total. The Balaban J connectivity index is 2.04. The lowest BCUT2D eigenvalue weighted by molar-refractivity contribution is -0.265. The summed E-state index contributed by atoms with van der Waals surface area (Å²) in [7, 11) is 0. The van der Waals surface area contributed by atoms with Crippen molar-refractivity contribution in [2.75, 3.05) is 13.2 Å². The highest BCUT2D eigenvalue weighted by atomic mass is 35.5. The number of rotatable bonds is 9. The number of alkyl halides is 3. The molecule has 216 valence electrons. The van der Waals surface area contributed by atoms with Crippen molar-refractivity contribution in [3.05, 3.63) is 52.4 Å². The quantitative estimate of drug-likeness (QED) is 0.248. The monoisotopic (exact) mass is 574 g/mol. The molecular weight excluding hydrogens is 540 g/mol. The molecule has 1 saturated carbocycles. The SMILES string of the molecule is CCCCOC1CC(C)(c2cc(-c3ccc(F)c(Cl)c3)nc(C(O)(CNC(=O)OC(C)(C)C)C(F)(F)F)c2)C1. The molecule has 0 radical (unpaired) electrons. The normalized spacial score (nSPS) is 21.2. The maximum Gasteiger partial charge on any atom is 0.424 e. The average Bonchev–Trinajstić information content (AvgIpc) is 2.81. The number of carbonyl (C=O) groups excluding carboxylic acids is 1. The second-order valence-electron chi connectivity index (χ2n) is 11.3. The van der Waals surface area contributed by atoms with Crippen molar-refractivity contribution in [1.29, 1.82) is 0 Å². The fourth-order valence-corrected chi connectivity index (χ4v) is 4.62. The number of nitrogens with one attached hydrogen (secondary N) is 1. The molecule has 1 heterocycles. The molecule has 0 bridgehead atoms. The molecule has 3 rings (SSSR count). The molecule has 1 fully saturated rings. The zero-order valence-corrected chi connectivity index (χ0v) is 23.5. The number of aromatic nitrogens is 1. The number of unbranched alkanes of at least 4 members (excludes halogenated alkanes) is 1. The van der Waals surface area contributed by atoms with Gasteiger partial charge in [0.2, 0.25) is 5.60 Å². The minimum atomic E-state index is -5.21. The molecule has 0 saturated heterocycles. The van der Waals surface area contributed by atoms with Gasteiger partial charge in [0, 0.05) is 12.2 Å². The predicted octanol–water partition coefficient (Wildman–Crippen LogP) is 7.05. The smallest absolute Gasteiger partial charge is 0.424 e. The summed E-state index contributed by atoms with van der Waals surface area (Å²) in [4.78, 5) is 16.3. The summed E-state index contributed by atoms with van der Waals surface area (Å²) in [6.45, 7) is 8.01. The lowest BCUT2D eigenvalue weighted by Crippen LogP contribution is -2.52. The first kappa shape index (κ1) is 31.1. The van der Waals surface area contributed by atoms with E-state index in [0.29, 0.717) is 25.0 Å². The van der Waals surface area contributed by atoms with Crippen LogP contribution in [-0.4, -0.2) is 47.2 Å². The number of amides is 1. The summed E-state index contributed by atoms with van der Waals surface area (Å²) >= 11 is 5.94. The first-order valence-electron chi connectivity index (χ1n) is 12.8. The number of hydrogen-bond acceptors (Lipinski definition) is 5. The second kappa shape index (κ2) is 11.6. The van der Waals surface area contributed by atoms with Gasteiger partial charge in [0.15, 0.2) is 0 Å². The van der Waals surface area contributed by atoms with Crippen LogP contribution in [0.5, 0.6) is 0 Å². The van der Waals surface area contributed by atoms with E-state index in [4.69, 9.17) is 21.1 Å². The van der Waals surface area contributed by atoms with Crippen LogP contribution in [0.15, 0.2) is 30.3 Å². The molecule has 11 heteroatoms. The molecule has 1 aromatic heterocycles. The molecule has 1 atom stereocenters. The predicted molar refractivity (Wildman–Crippen MR) is 140 cm³/mol. The van der Waals surface area contributed by atoms with Gasteiger partial charge in [-0.1, -0.05) is 31.9 Å². The zero-order chi connectivity index (χ0) is 29.2. The van der Waals surface area contributed by atoms with Crippen molar-refractivity contribution >= 4 is 17.7 Å². The number of hydrogen-bond donors (Lipinski definition) is 2. The Bertz CT molecular complexity index is 1180. The third-order valence-electron chi connectivity index (χ3n) is 6.73. The van der Waals surface area contributed by atoms with Crippen molar-refractivity contribution in [2.24, 2.45) is 0 Å². The Hall–Kier alpha value is -2.43. The van der Waals surface area contributed by atoms with Crippen LogP contribution >= 0.6 is 11.6 Å². The topological polar surface area (TPSA) is 80.7 Å². The van der Waals surface area contributed by atoms with E-state index in [9.17, 15) is 27.5 Å². The van der Waals surface area contributed by atoms with E-state index in [0.717, 1.165) is 18.9 Å². The van der Waals surface area contributed by atoms with Gasteiger partial charge in [-0.15, -0.1) is 0 Å². The summed E-state index contributed by atoms with van der Waals surface area (Å²) in [5.41, 5.74) is -4.93. The van der Waals surface area contributed by atoms with Crippen LogP contribution in [0.2, 0.25) is 5.02 Å². The molecule has 2 aromatic rings. The Morgan fingerprint density at radius 3 is 2.44 bits per heavy atom. The molecule has 1 aliphatic carbocycles. The van der Waals surface area contributed by atoms with Crippen molar-refractivity contribution < 1.29 is 36.9 Å². The highest BCUT2D eigenvalue weighted by molar-refractivity contribution is 6.31. The number of pyridine rings is 1. The van der Waals surface area contributed by atoms with Crippen LogP contribution < -0.4 is 5.32 Å². The molecular formula is C28H35ClF4N2O4. The maximum absolute atomic E-state index is 14.4. The maximum atomic E-state index is 14.4. The Kier molecular flexibility index (Phi) is 9.24. The summed E-state index contributed by atoms with van der Waals surface area (Å²) in [6.07, 6.45) is -3.37. The summed E-state index contributed by atoms with van der Waals surface area (Å²) < 4.78 is 68.0. The molecule has 1 aromatic carbocycles. The van der Waals surface area contributed by atoms with E-state index in [2.05, 4.69) is 11.9 Å². The van der Waals surface area contributed by atoms with Gasteiger partial charge in [-0.2, -0.15) is 13.2 Å². The highest BCUT2D eigenvalue weighted by Crippen LogP contribution is 2.47. The van der Waals surface area contributed by atoms with Crippen LogP contribution in [0, 0.1) is 5.82 Å². The fraction of sp³-hybridized carbons (Fsp3) is 0.571. The van der Waals surface area contributed by atoms with Crippen LogP contribution in [-0.2, 0) is 20.5 Å². The number of halogens is 5. The minimum absolute atomic E-state index is 0.0442. The number of alkyl carbamates (subject to hydrolysis) is 1. The van der Waals surface area contributed by atoms with Crippen LogP contribution in [0.4, 0.5) is 22.4 Å². The average molecular weight is 575 g/mol. The van der Waals surface area contributed by atoms with E-state index in [1.165, 1.54) is 18.2 Å². The largest absolute Gasteiger partial charge is 0.444 e. The van der Waals surface area contributed by atoms with Gasteiger partial charge in [-0.05, 0) is 81.3 Å². The van der Waals surface area contributed by atoms with Crippen LogP contribution in [0.25, 0.3) is 11.3 Å². The van der Waals surface area contributed by atoms with Crippen LogP contribution in [0.1, 0.15) is 71.6 Å². The molecule has 0 spiro atoms. The Labute approximate surface area is 231 Å². The summed E-state index contributed by atoms with van der Waals surface area (Å²) in [5.74, 6) is -0.692. The van der Waals surface area contributed by atoms with Gasteiger partial charge in [0.05, 0.1) is 29.1 Å². The van der Waals surface area contributed by atoms with Crippen molar-refractivity contribution in [3.8, 4) is 11.3 Å². The number of ether oxygens (including phenoxy) is 2. The number of carbonyl (C=O) groups is 1. The van der Waals surface area contributed by atoms with Crippen LogP contribution in [0.3, 0.4) is 0 Å². The van der Waals surface area contributed by atoms with E-state index in [1.54, 1.807) is 26.8 Å². The van der Waals surface area contributed by atoms with Gasteiger partial charge in [0.25, 0.3) is 0 Å². The third-order valence-corrected chi connectivity index (χ3v) is 7.02. The van der Waals surface area contributed by atoms with E-state index < -0.39 is 46.9 Å². The highest BCUT2D eigenvalue weighted by Gasteiger charge is 2.57. The van der Waals surface area contributed by atoms with Gasteiger partial charge in [-0.25, -0.2) is 14.2 Å². The lowest BCUT2D eigenvalue weighted by atomic mass is 9.63. The van der Waals surface area contributed by atoms with E-state index in [-0.39, 0.29) is 22.4 Å². The second-order valence-corrected chi connectivity index (χ2v) is 11.7. The standard InChI is InChI=1S/C28H35ClF4N2O4/c1-6-7-10-38-19-14-26(5,15-19)18-12-22(17-8-9-21(30)20(29)11-17)35-23(13-18)27(37,28(31,32)33)16-34-24(36)39-25(2,3)4/h8-9,11-13,19,37H,6-7,10,14-16H2,1-5H3,(H,34,36). The third kappa shape index (κ3) is 7.41. The lowest BCUT2D eigenvalue weighted by Gasteiger charge is -2.46.